The van der Waals surface area contributed by atoms with E-state index in [4.69, 9.17) is 0 Å². The summed E-state index contributed by atoms with van der Waals surface area (Å²) in [6.07, 6.45) is 3.09. The van der Waals surface area contributed by atoms with Gasteiger partial charge in [-0.1, -0.05) is 0 Å². The van der Waals surface area contributed by atoms with Crippen LogP contribution in [-0.4, -0.2) is 51.4 Å². The number of rotatable bonds is 4. The minimum absolute atomic E-state index is 0.0427. The minimum Gasteiger partial charge on any atom is -0.317 e. The number of carbonyl (C=O) groups excluding carboxylic acids is 1. The number of piperidine rings is 1. The van der Waals surface area contributed by atoms with Gasteiger partial charge < -0.3 is 10.2 Å². The molecule has 3 rings (SSSR count). The molecule has 2 saturated heterocycles. The van der Waals surface area contributed by atoms with Gasteiger partial charge in [-0.25, -0.2) is 8.42 Å². The zero-order valence-corrected chi connectivity index (χ0v) is 14.2. The fourth-order valence-electron chi connectivity index (χ4n) is 3.25. The van der Waals surface area contributed by atoms with Gasteiger partial charge in [-0.2, -0.15) is 4.31 Å². The maximum atomic E-state index is 12.8. The van der Waals surface area contributed by atoms with Crippen LogP contribution in [0.25, 0.3) is 0 Å². The highest BCUT2D eigenvalue weighted by Gasteiger charge is 2.29. The summed E-state index contributed by atoms with van der Waals surface area (Å²) in [6, 6.07) is 6.71. The molecular formula is C16H23N3O3S. The Morgan fingerprint density at radius 2 is 1.83 bits per heavy atom. The highest BCUT2D eigenvalue weighted by molar-refractivity contribution is 7.89. The van der Waals surface area contributed by atoms with Crippen LogP contribution in [-0.2, 0) is 14.8 Å². The molecule has 2 fully saturated rings. The summed E-state index contributed by atoms with van der Waals surface area (Å²) in [5.41, 5.74) is 0.774. The molecule has 1 aromatic carbocycles. The highest BCUT2D eigenvalue weighted by Crippen LogP contribution is 2.25. The van der Waals surface area contributed by atoms with Gasteiger partial charge in [0, 0.05) is 31.7 Å². The normalized spacial score (nSPS) is 20.4. The molecule has 1 aromatic rings. The topological polar surface area (TPSA) is 69.7 Å². The van der Waals surface area contributed by atoms with E-state index in [-0.39, 0.29) is 16.8 Å². The third-order valence-electron chi connectivity index (χ3n) is 4.72. The van der Waals surface area contributed by atoms with Crippen molar-refractivity contribution in [3.05, 3.63) is 24.3 Å². The van der Waals surface area contributed by atoms with E-state index in [2.05, 4.69) is 5.32 Å². The fraction of sp³-hybridized carbons (Fsp3) is 0.562. The molecule has 2 aliphatic rings. The lowest BCUT2D eigenvalue weighted by molar-refractivity contribution is -0.117. The van der Waals surface area contributed by atoms with E-state index in [1.54, 1.807) is 36.2 Å². The molecule has 0 spiro atoms. The summed E-state index contributed by atoms with van der Waals surface area (Å²) in [7, 11) is -1.83. The van der Waals surface area contributed by atoms with Gasteiger partial charge in [-0.05, 0) is 56.6 Å². The molecule has 0 saturated carbocycles. The van der Waals surface area contributed by atoms with Gasteiger partial charge in [-0.15, -0.1) is 0 Å². The van der Waals surface area contributed by atoms with Crippen molar-refractivity contribution in [2.24, 2.45) is 0 Å². The number of anilines is 1. The number of benzene rings is 1. The lowest BCUT2D eigenvalue weighted by Gasteiger charge is -2.31. The lowest BCUT2D eigenvalue weighted by atomic mass is 10.1. The van der Waals surface area contributed by atoms with Gasteiger partial charge in [0.25, 0.3) is 0 Å². The Bertz CT molecular complexity index is 666. The van der Waals surface area contributed by atoms with Crippen LogP contribution in [0.3, 0.4) is 0 Å². The molecule has 6 nitrogen and oxygen atoms in total. The molecule has 23 heavy (non-hydrogen) atoms. The SMILES string of the molecule is CN(C1CCNCC1)S(=O)(=O)c1ccc(N2CCCC2=O)cc1. The van der Waals surface area contributed by atoms with Crippen molar-refractivity contribution in [2.75, 3.05) is 31.6 Å². The van der Waals surface area contributed by atoms with Crippen LogP contribution in [0.2, 0.25) is 0 Å². The quantitative estimate of drug-likeness (QED) is 0.896. The number of nitrogens with zero attached hydrogens (tertiary/aromatic N) is 2. The Kier molecular flexibility index (Phi) is 4.70. The van der Waals surface area contributed by atoms with Gasteiger partial charge in [0.05, 0.1) is 4.90 Å². The van der Waals surface area contributed by atoms with Crippen LogP contribution < -0.4 is 10.2 Å². The maximum Gasteiger partial charge on any atom is 0.243 e. The molecule has 0 radical (unpaired) electrons. The van der Waals surface area contributed by atoms with Crippen LogP contribution in [0, 0.1) is 0 Å². The molecule has 1 N–H and O–H groups in total. The van der Waals surface area contributed by atoms with Crippen molar-refractivity contribution in [1.29, 1.82) is 0 Å². The van der Waals surface area contributed by atoms with E-state index in [9.17, 15) is 13.2 Å². The number of nitrogens with one attached hydrogen (secondary N) is 1. The molecule has 126 valence electrons. The van der Waals surface area contributed by atoms with E-state index in [0.29, 0.717) is 13.0 Å². The molecule has 0 atom stereocenters. The molecule has 0 aromatic heterocycles. The van der Waals surface area contributed by atoms with Crippen LogP contribution in [0.15, 0.2) is 29.2 Å². The standard InChI is InChI=1S/C16H23N3O3S/c1-18(13-8-10-17-11-9-13)23(21,22)15-6-4-14(5-7-15)19-12-2-3-16(19)20/h4-7,13,17H,2-3,8-12H2,1H3. The van der Waals surface area contributed by atoms with E-state index in [1.807, 2.05) is 0 Å². The Balaban J connectivity index is 1.78. The second kappa shape index (κ2) is 6.59. The highest BCUT2D eigenvalue weighted by atomic mass is 32.2. The van der Waals surface area contributed by atoms with Crippen LogP contribution in [0.4, 0.5) is 5.69 Å². The first kappa shape index (κ1) is 16.4. The van der Waals surface area contributed by atoms with Gasteiger partial charge in [0.1, 0.15) is 0 Å². The lowest BCUT2D eigenvalue weighted by Crippen LogP contribution is -2.43. The van der Waals surface area contributed by atoms with Crippen molar-refractivity contribution in [3.63, 3.8) is 0 Å². The second-order valence-electron chi connectivity index (χ2n) is 6.15. The number of hydrogen-bond donors (Lipinski definition) is 1. The maximum absolute atomic E-state index is 12.8. The van der Waals surface area contributed by atoms with E-state index in [0.717, 1.165) is 38.0 Å². The zero-order valence-electron chi connectivity index (χ0n) is 13.4. The number of carbonyl (C=O) groups is 1. The summed E-state index contributed by atoms with van der Waals surface area (Å²) < 4.78 is 27.0. The summed E-state index contributed by atoms with van der Waals surface area (Å²) in [6.45, 7) is 2.40. The average Bonchev–Trinajstić information content (AvgIpc) is 3.01. The average molecular weight is 337 g/mol. The monoisotopic (exact) mass is 337 g/mol. The second-order valence-corrected chi connectivity index (χ2v) is 8.14. The number of hydrogen-bond acceptors (Lipinski definition) is 4. The molecule has 7 heteroatoms. The van der Waals surface area contributed by atoms with Crippen molar-refractivity contribution in [3.8, 4) is 0 Å². The van der Waals surface area contributed by atoms with Gasteiger partial charge in [0.15, 0.2) is 0 Å². The molecular weight excluding hydrogens is 314 g/mol. The molecule has 2 heterocycles. The minimum atomic E-state index is -3.49. The molecule has 1 amide bonds. The number of sulfonamides is 1. The molecule has 0 aliphatic carbocycles. The van der Waals surface area contributed by atoms with Crippen molar-refractivity contribution in [2.45, 2.75) is 36.6 Å². The summed E-state index contributed by atoms with van der Waals surface area (Å²) in [5.74, 6) is 0.104. The smallest absolute Gasteiger partial charge is 0.243 e. The van der Waals surface area contributed by atoms with E-state index < -0.39 is 10.0 Å². The molecule has 0 bridgehead atoms. The Labute approximate surface area is 137 Å². The number of amides is 1. The summed E-state index contributed by atoms with van der Waals surface area (Å²) >= 11 is 0. The van der Waals surface area contributed by atoms with Crippen molar-refractivity contribution < 1.29 is 13.2 Å². The van der Waals surface area contributed by atoms with Crippen LogP contribution in [0.1, 0.15) is 25.7 Å². The van der Waals surface area contributed by atoms with Crippen LogP contribution in [0.5, 0.6) is 0 Å². The first-order valence-electron chi connectivity index (χ1n) is 8.09. The zero-order chi connectivity index (χ0) is 16.4. The van der Waals surface area contributed by atoms with Crippen LogP contribution >= 0.6 is 0 Å². The summed E-state index contributed by atoms with van der Waals surface area (Å²) in [4.78, 5) is 13.8. The largest absolute Gasteiger partial charge is 0.317 e. The summed E-state index contributed by atoms with van der Waals surface area (Å²) in [5, 5.41) is 3.24. The predicted molar refractivity (Wildman–Crippen MR) is 88.9 cm³/mol. The third kappa shape index (κ3) is 3.27. The Hall–Kier alpha value is -1.44. The third-order valence-corrected chi connectivity index (χ3v) is 6.65. The predicted octanol–water partition coefficient (Wildman–Crippen LogP) is 1.19. The Morgan fingerprint density at radius 1 is 1.17 bits per heavy atom. The first-order chi connectivity index (χ1) is 11.0. The van der Waals surface area contributed by atoms with E-state index in [1.165, 1.54) is 4.31 Å². The Morgan fingerprint density at radius 3 is 2.39 bits per heavy atom. The first-order valence-corrected chi connectivity index (χ1v) is 9.53. The molecule has 0 unspecified atom stereocenters. The van der Waals surface area contributed by atoms with E-state index >= 15 is 0 Å². The fourth-order valence-corrected chi connectivity index (χ4v) is 4.67. The van der Waals surface area contributed by atoms with Crippen molar-refractivity contribution >= 4 is 21.6 Å². The van der Waals surface area contributed by atoms with Crippen molar-refractivity contribution in [1.82, 2.24) is 9.62 Å². The van der Waals surface area contributed by atoms with Gasteiger partial charge >= 0.3 is 0 Å². The van der Waals surface area contributed by atoms with Gasteiger partial charge in [-0.3, -0.25) is 4.79 Å². The van der Waals surface area contributed by atoms with Gasteiger partial charge in [0.2, 0.25) is 15.9 Å². The molecule has 2 aliphatic heterocycles.